The van der Waals surface area contributed by atoms with Gasteiger partial charge in [0.05, 0.1) is 23.9 Å². The van der Waals surface area contributed by atoms with Crippen LogP contribution in [0.5, 0.6) is 0 Å². The molecule has 0 spiro atoms. The van der Waals surface area contributed by atoms with Crippen molar-refractivity contribution in [1.82, 2.24) is 15.1 Å². The first-order valence-electron chi connectivity index (χ1n) is 7.34. The van der Waals surface area contributed by atoms with Crippen molar-refractivity contribution < 1.29 is 9.59 Å². The molecule has 118 valence electrons. The van der Waals surface area contributed by atoms with Gasteiger partial charge in [-0.2, -0.15) is 10.4 Å². The Hall–Kier alpha value is -2.94. The molecule has 0 bridgehead atoms. The Morgan fingerprint density at radius 3 is 2.57 bits per heavy atom. The summed E-state index contributed by atoms with van der Waals surface area (Å²) in [5.41, 5.74) is 1.19. The minimum absolute atomic E-state index is 0.235. The molecule has 23 heavy (non-hydrogen) atoms. The van der Waals surface area contributed by atoms with Crippen molar-refractivity contribution in [3.63, 3.8) is 0 Å². The second-order valence-corrected chi connectivity index (χ2v) is 5.21. The molecule has 0 aliphatic rings. The number of hydrogen-bond acceptors (Lipinski definition) is 4. The van der Waals surface area contributed by atoms with Crippen LogP contribution in [0.2, 0.25) is 0 Å². The lowest BCUT2D eigenvalue weighted by molar-refractivity contribution is -0.123. The molecule has 2 atom stereocenters. The highest BCUT2D eigenvalue weighted by Crippen LogP contribution is 2.17. The maximum absolute atomic E-state index is 12.4. The van der Waals surface area contributed by atoms with Crippen LogP contribution >= 0.6 is 0 Å². The number of carbonyl (C=O) groups is 2. The number of aromatic nitrogens is 2. The number of rotatable bonds is 6. The van der Waals surface area contributed by atoms with Crippen molar-refractivity contribution in [2.24, 2.45) is 13.0 Å². The van der Waals surface area contributed by atoms with Crippen molar-refractivity contribution in [3.8, 4) is 6.07 Å². The summed E-state index contributed by atoms with van der Waals surface area (Å²) >= 11 is 0. The Kier molecular flexibility index (Phi) is 5.26. The minimum Gasteiger partial charge on any atom is -0.348 e. The van der Waals surface area contributed by atoms with Gasteiger partial charge in [-0.15, -0.1) is 0 Å². The van der Waals surface area contributed by atoms with Crippen LogP contribution in [0.4, 0.5) is 0 Å². The Morgan fingerprint density at radius 1 is 1.35 bits per heavy atom. The Morgan fingerprint density at radius 2 is 2.04 bits per heavy atom. The Balaban J connectivity index is 2.14. The molecule has 1 heterocycles. The number of ketones is 1. The van der Waals surface area contributed by atoms with E-state index >= 15 is 0 Å². The van der Waals surface area contributed by atoms with Gasteiger partial charge in [-0.05, 0) is 12.0 Å². The van der Waals surface area contributed by atoms with Crippen LogP contribution in [0.1, 0.15) is 35.3 Å². The van der Waals surface area contributed by atoms with Gasteiger partial charge in [0.15, 0.2) is 11.7 Å². The van der Waals surface area contributed by atoms with E-state index in [0.717, 1.165) is 5.56 Å². The first-order chi connectivity index (χ1) is 11.1. The predicted molar refractivity (Wildman–Crippen MR) is 84.3 cm³/mol. The Labute approximate surface area is 134 Å². The SMILES string of the molecule is CC[C@H](NC(=O)[C@H](C#N)C(=O)c1cnn(C)c1)c1ccccc1. The largest absolute Gasteiger partial charge is 0.348 e. The average molecular weight is 310 g/mol. The maximum atomic E-state index is 12.4. The van der Waals surface area contributed by atoms with Gasteiger partial charge < -0.3 is 5.32 Å². The van der Waals surface area contributed by atoms with E-state index in [2.05, 4.69) is 10.4 Å². The molecular formula is C17H18N4O2. The third-order valence-electron chi connectivity index (χ3n) is 3.57. The van der Waals surface area contributed by atoms with Crippen molar-refractivity contribution in [2.75, 3.05) is 0 Å². The molecule has 1 N–H and O–H groups in total. The van der Waals surface area contributed by atoms with E-state index < -0.39 is 17.6 Å². The Bertz CT molecular complexity index is 731. The number of benzene rings is 1. The van der Waals surface area contributed by atoms with E-state index in [-0.39, 0.29) is 11.6 Å². The molecule has 0 aliphatic heterocycles. The van der Waals surface area contributed by atoms with Crippen LogP contribution in [-0.2, 0) is 11.8 Å². The lowest BCUT2D eigenvalue weighted by Gasteiger charge is -2.18. The van der Waals surface area contributed by atoms with Crippen molar-refractivity contribution >= 4 is 11.7 Å². The van der Waals surface area contributed by atoms with E-state index in [9.17, 15) is 14.9 Å². The predicted octanol–water partition coefficient (Wildman–Crippen LogP) is 2.01. The monoisotopic (exact) mass is 310 g/mol. The smallest absolute Gasteiger partial charge is 0.245 e. The molecule has 1 amide bonds. The lowest BCUT2D eigenvalue weighted by Crippen LogP contribution is -2.37. The summed E-state index contributed by atoms with van der Waals surface area (Å²) in [7, 11) is 1.67. The van der Waals surface area contributed by atoms with Gasteiger partial charge >= 0.3 is 0 Å². The van der Waals surface area contributed by atoms with E-state index in [1.54, 1.807) is 13.1 Å². The molecular weight excluding hydrogens is 292 g/mol. The fourth-order valence-electron chi connectivity index (χ4n) is 2.31. The second kappa shape index (κ2) is 7.36. The van der Waals surface area contributed by atoms with E-state index in [4.69, 9.17) is 0 Å². The number of aryl methyl sites for hydroxylation is 1. The van der Waals surface area contributed by atoms with Gasteiger partial charge in [0.25, 0.3) is 0 Å². The summed E-state index contributed by atoms with van der Waals surface area (Å²) in [6.45, 7) is 1.93. The van der Waals surface area contributed by atoms with Crippen LogP contribution in [0.3, 0.4) is 0 Å². The minimum atomic E-state index is -1.38. The average Bonchev–Trinajstić information content (AvgIpc) is 3.00. The number of hydrogen-bond donors (Lipinski definition) is 1. The zero-order valence-corrected chi connectivity index (χ0v) is 13.1. The standard InChI is InChI=1S/C17H18N4O2/c1-3-15(12-7-5-4-6-8-12)20-17(23)14(9-18)16(22)13-10-19-21(2)11-13/h4-8,10-11,14-15H,3H2,1-2H3,(H,20,23)/t14-,15+/m1/s1. The summed E-state index contributed by atoms with van der Waals surface area (Å²) in [6, 6.07) is 11.0. The number of Topliss-reactive ketones (excluding diaryl/α,β-unsaturated/α-hetero) is 1. The molecule has 6 nitrogen and oxygen atoms in total. The van der Waals surface area contributed by atoms with Gasteiger partial charge in [0.1, 0.15) is 0 Å². The summed E-state index contributed by atoms with van der Waals surface area (Å²) in [4.78, 5) is 24.7. The van der Waals surface area contributed by atoms with Crippen molar-refractivity contribution in [3.05, 3.63) is 53.9 Å². The maximum Gasteiger partial charge on any atom is 0.245 e. The van der Waals surface area contributed by atoms with E-state index in [1.807, 2.05) is 37.3 Å². The van der Waals surface area contributed by atoms with Crippen LogP contribution in [0.25, 0.3) is 0 Å². The van der Waals surface area contributed by atoms with Gasteiger partial charge in [-0.25, -0.2) is 0 Å². The molecule has 6 heteroatoms. The number of amides is 1. The summed E-state index contributed by atoms with van der Waals surface area (Å²) in [6.07, 6.45) is 3.51. The van der Waals surface area contributed by atoms with Crippen molar-refractivity contribution in [2.45, 2.75) is 19.4 Å². The highest BCUT2D eigenvalue weighted by Gasteiger charge is 2.29. The molecule has 1 aromatic carbocycles. The number of nitrogens with zero attached hydrogens (tertiary/aromatic N) is 3. The molecule has 2 rings (SSSR count). The molecule has 0 unspecified atom stereocenters. The summed E-state index contributed by atoms with van der Waals surface area (Å²) in [5, 5.41) is 15.9. The summed E-state index contributed by atoms with van der Waals surface area (Å²) < 4.78 is 1.46. The molecule has 2 aromatic rings. The normalized spacial score (nSPS) is 12.9. The molecule has 0 radical (unpaired) electrons. The second-order valence-electron chi connectivity index (χ2n) is 5.21. The molecule has 0 saturated heterocycles. The topological polar surface area (TPSA) is 87.8 Å². The van der Waals surface area contributed by atoms with Crippen molar-refractivity contribution in [1.29, 1.82) is 5.26 Å². The lowest BCUT2D eigenvalue weighted by atomic mass is 9.98. The van der Waals surface area contributed by atoms with Gasteiger partial charge in [-0.3, -0.25) is 14.3 Å². The van der Waals surface area contributed by atoms with Gasteiger partial charge in [0, 0.05) is 13.2 Å². The highest BCUT2D eigenvalue weighted by molar-refractivity contribution is 6.11. The molecule has 0 fully saturated rings. The number of carbonyl (C=O) groups excluding carboxylic acids is 2. The first kappa shape index (κ1) is 16.4. The quantitative estimate of drug-likeness (QED) is 0.653. The zero-order chi connectivity index (χ0) is 16.8. The third kappa shape index (κ3) is 3.83. The third-order valence-corrected chi connectivity index (χ3v) is 3.57. The van der Waals surface area contributed by atoms with Crippen LogP contribution in [-0.4, -0.2) is 21.5 Å². The van der Waals surface area contributed by atoms with Crippen LogP contribution in [0.15, 0.2) is 42.7 Å². The van der Waals surface area contributed by atoms with E-state index in [0.29, 0.717) is 6.42 Å². The zero-order valence-electron chi connectivity index (χ0n) is 13.1. The molecule has 0 aliphatic carbocycles. The summed E-state index contributed by atoms with van der Waals surface area (Å²) in [5.74, 6) is -2.50. The fourth-order valence-corrected chi connectivity index (χ4v) is 2.31. The van der Waals surface area contributed by atoms with Gasteiger partial charge in [0.2, 0.25) is 5.91 Å². The highest BCUT2D eigenvalue weighted by atomic mass is 16.2. The van der Waals surface area contributed by atoms with Crippen LogP contribution in [0, 0.1) is 17.2 Å². The van der Waals surface area contributed by atoms with Gasteiger partial charge in [-0.1, -0.05) is 37.3 Å². The number of nitrogens with one attached hydrogen (secondary N) is 1. The molecule has 1 aromatic heterocycles. The van der Waals surface area contributed by atoms with Crippen LogP contribution < -0.4 is 5.32 Å². The first-order valence-corrected chi connectivity index (χ1v) is 7.34. The number of nitriles is 1. The van der Waals surface area contributed by atoms with E-state index in [1.165, 1.54) is 17.1 Å². The fraction of sp³-hybridized carbons (Fsp3) is 0.294. The molecule has 0 saturated carbocycles.